The van der Waals surface area contributed by atoms with Gasteiger partial charge in [-0.15, -0.1) is 0 Å². The van der Waals surface area contributed by atoms with Gasteiger partial charge in [0, 0.05) is 33.7 Å². The largest absolute Gasteiger partial charge is 0.376 e. The number of benzene rings is 6. The highest BCUT2D eigenvalue weighted by Crippen LogP contribution is 2.62. The van der Waals surface area contributed by atoms with E-state index in [1.807, 2.05) is 0 Å². The molecule has 2 atom stereocenters. The number of nitrogens with zero attached hydrogens (tertiary/aromatic N) is 2. The van der Waals surface area contributed by atoms with Crippen LogP contribution in [-0.4, -0.2) is 12.4 Å². The molecule has 1 fully saturated rings. The molecule has 0 N–H and O–H groups in total. The maximum atomic E-state index is 2.85. The van der Waals surface area contributed by atoms with Crippen molar-refractivity contribution in [3.05, 3.63) is 144 Å². The Morgan fingerprint density at radius 1 is 0.615 bits per heavy atom. The number of hydrogen-bond donors (Lipinski definition) is 0. The highest BCUT2D eigenvalue weighted by atomic mass is 15.3. The van der Waals surface area contributed by atoms with E-state index in [0.717, 1.165) is 0 Å². The third-order valence-corrected chi connectivity index (χ3v) is 13.4. The van der Waals surface area contributed by atoms with Gasteiger partial charge in [0.05, 0.1) is 5.54 Å². The zero-order valence-electron chi connectivity index (χ0n) is 31.4. The highest BCUT2D eigenvalue weighted by molar-refractivity contribution is 6.93. The van der Waals surface area contributed by atoms with E-state index in [1.54, 1.807) is 5.56 Å². The van der Waals surface area contributed by atoms with E-state index in [-0.39, 0.29) is 23.2 Å². The number of anilines is 4. The van der Waals surface area contributed by atoms with Gasteiger partial charge in [0.25, 0.3) is 0 Å². The predicted octanol–water partition coefficient (Wildman–Crippen LogP) is 11.6. The topological polar surface area (TPSA) is 6.48 Å². The summed E-state index contributed by atoms with van der Waals surface area (Å²) in [6, 6.07) is 48.4. The predicted molar refractivity (Wildman–Crippen MR) is 223 cm³/mol. The average Bonchev–Trinajstić information content (AvgIpc) is 3.37. The summed E-state index contributed by atoms with van der Waals surface area (Å²) >= 11 is 0. The Hall–Kier alpha value is -5.02. The molecule has 3 aliphatic heterocycles. The average molecular weight is 675 g/mol. The maximum absolute atomic E-state index is 2.85. The van der Waals surface area contributed by atoms with Gasteiger partial charge in [-0.2, -0.15) is 0 Å². The lowest BCUT2D eigenvalue weighted by molar-refractivity contribution is 0.195. The van der Waals surface area contributed by atoms with Crippen molar-refractivity contribution in [2.24, 2.45) is 0 Å². The summed E-state index contributed by atoms with van der Waals surface area (Å²) in [5.74, 6) is 0. The Morgan fingerprint density at radius 3 is 1.94 bits per heavy atom. The zero-order valence-corrected chi connectivity index (χ0v) is 31.4. The molecule has 1 aliphatic carbocycles. The molecule has 0 radical (unpaired) electrons. The van der Waals surface area contributed by atoms with E-state index in [2.05, 4.69) is 179 Å². The molecule has 0 saturated heterocycles. The fourth-order valence-electron chi connectivity index (χ4n) is 10.4. The first-order valence-electron chi connectivity index (χ1n) is 19.4. The Bertz CT molecular complexity index is 2390. The van der Waals surface area contributed by atoms with Crippen molar-refractivity contribution in [1.29, 1.82) is 0 Å². The summed E-state index contributed by atoms with van der Waals surface area (Å²) in [6.45, 7) is 14.7. The molecule has 3 heterocycles. The number of aryl methyl sites for hydroxylation is 1. The van der Waals surface area contributed by atoms with Crippen LogP contribution in [0.3, 0.4) is 0 Å². The molecule has 0 aromatic heterocycles. The van der Waals surface area contributed by atoms with Gasteiger partial charge in [-0.25, -0.2) is 0 Å². The lowest BCUT2D eigenvalue weighted by Gasteiger charge is -2.53. The second-order valence-electron chi connectivity index (χ2n) is 17.4. The molecule has 52 heavy (non-hydrogen) atoms. The molecular formula is C49H47BN2. The summed E-state index contributed by atoms with van der Waals surface area (Å²) in [7, 11) is 0. The minimum absolute atomic E-state index is 0.00494. The maximum Gasteiger partial charge on any atom is 0.333 e. The standard InChI is InChI=1S/C49H47BN2/c1-32-27-40-39-24-21-36(34-17-11-8-12-18-34)29-43(39)52(38-22-19-35(20-23-38)33-15-9-7-10-16-33)50-42-31-37(47(2,3)4)30-41-46(42)51(44(28-32)45(40)50)49(6)26-14-13-25-48(41,49)5/h7-12,15-24,27-31H,13-14,25-26H2,1-6H3. The summed E-state index contributed by atoms with van der Waals surface area (Å²) in [4.78, 5) is 5.55. The van der Waals surface area contributed by atoms with Crippen molar-refractivity contribution in [2.45, 2.75) is 83.6 Å². The quantitative estimate of drug-likeness (QED) is 0.172. The van der Waals surface area contributed by atoms with E-state index in [9.17, 15) is 0 Å². The molecule has 0 amide bonds. The van der Waals surface area contributed by atoms with E-state index < -0.39 is 0 Å². The summed E-state index contributed by atoms with van der Waals surface area (Å²) in [6.07, 6.45) is 5.00. The Kier molecular flexibility index (Phi) is 6.70. The summed E-state index contributed by atoms with van der Waals surface area (Å²) in [5, 5.41) is 0. The van der Waals surface area contributed by atoms with Crippen LogP contribution in [0.2, 0.25) is 0 Å². The molecule has 2 unspecified atom stereocenters. The monoisotopic (exact) mass is 674 g/mol. The minimum Gasteiger partial charge on any atom is -0.376 e. The lowest BCUT2D eigenvalue weighted by atomic mass is 9.43. The van der Waals surface area contributed by atoms with Gasteiger partial charge in [-0.3, -0.25) is 0 Å². The van der Waals surface area contributed by atoms with Crippen LogP contribution in [0.15, 0.2) is 127 Å². The molecule has 2 nitrogen and oxygen atoms in total. The minimum atomic E-state index is 0.00494. The van der Waals surface area contributed by atoms with Crippen LogP contribution < -0.4 is 20.6 Å². The van der Waals surface area contributed by atoms with Crippen LogP contribution in [0.5, 0.6) is 0 Å². The van der Waals surface area contributed by atoms with Gasteiger partial charge < -0.3 is 9.71 Å². The van der Waals surface area contributed by atoms with E-state index in [1.165, 1.54) is 104 Å². The molecule has 0 bridgehead atoms. The first kappa shape index (κ1) is 31.7. The van der Waals surface area contributed by atoms with Crippen molar-refractivity contribution < 1.29 is 0 Å². The number of hydrogen-bond acceptors (Lipinski definition) is 2. The normalized spacial score (nSPS) is 21.0. The van der Waals surface area contributed by atoms with Gasteiger partial charge in [0.15, 0.2) is 0 Å². The van der Waals surface area contributed by atoms with E-state index in [4.69, 9.17) is 0 Å². The lowest BCUT2D eigenvalue weighted by Crippen LogP contribution is -2.64. The van der Waals surface area contributed by atoms with Crippen molar-refractivity contribution in [3.8, 4) is 33.4 Å². The second-order valence-corrected chi connectivity index (χ2v) is 17.4. The second kappa shape index (κ2) is 11.0. The van der Waals surface area contributed by atoms with Crippen LogP contribution in [0.4, 0.5) is 22.7 Å². The molecule has 6 aromatic rings. The van der Waals surface area contributed by atoms with Crippen molar-refractivity contribution in [2.75, 3.05) is 9.71 Å². The number of fused-ring (bicyclic) bond motifs is 7. The Balaban J connectivity index is 1.30. The Morgan fingerprint density at radius 2 is 1.25 bits per heavy atom. The molecule has 4 aliphatic rings. The van der Waals surface area contributed by atoms with Gasteiger partial charge in [0.1, 0.15) is 0 Å². The number of rotatable bonds is 3. The van der Waals surface area contributed by atoms with Crippen molar-refractivity contribution in [1.82, 2.24) is 0 Å². The first-order chi connectivity index (χ1) is 25.1. The van der Waals surface area contributed by atoms with E-state index >= 15 is 0 Å². The first-order valence-corrected chi connectivity index (χ1v) is 19.4. The molecule has 3 heteroatoms. The van der Waals surface area contributed by atoms with Crippen LogP contribution in [0.1, 0.15) is 77.0 Å². The SMILES string of the molecule is Cc1cc2c3c(c1)N1c4c(cc(C(C)(C)C)cc4C4(C)CCCCC14C)B3N(c1ccc(-c3ccccc3)cc1)c1cc(-c3ccccc3)ccc1-2. The zero-order chi connectivity index (χ0) is 35.6. The van der Waals surface area contributed by atoms with Gasteiger partial charge >= 0.3 is 6.85 Å². The van der Waals surface area contributed by atoms with Crippen LogP contribution >= 0.6 is 0 Å². The summed E-state index contributed by atoms with van der Waals surface area (Å²) < 4.78 is 0. The third-order valence-electron chi connectivity index (χ3n) is 13.4. The molecule has 0 spiro atoms. The molecular weight excluding hydrogens is 627 g/mol. The highest BCUT2D eigenvalue weighted by Gasteiger charge is 2.62. The van der Waals surface area contributed by atoms with Gasteiger partial charge in [-0.05, 0) is 112 Å². The third kappa shape index (κ3) is 4.32. The van der Waals surface area contributed by atoms with Crippen LogP contribution in [-0.2, 0) is 10.8 Å². The summed E-state index contributed by atoms with van der Waals surface area (Å²) in [5.41, 5.74) is 20.4. The van der Waals surface area contributed by atoms with Gasteiger partial charge in [0.2, 0.25) is 0 Å². The smallest absolute Gasteiger partial charge is 0.333 e. The molecule has 1 saturated carbocycles. The van der Waals surface area contributed by atoms with Crippen LogP contribution in [0, 0.1) is 6.92 Å². The Labute approximate surface area is 310 Å². The van der Waals surface area contributed by atoms with Crippen molar-refractivity contribution in [3.63, 3.8) is 0 Å². The molecule has 10 rings (SSSR count). The molecule has 256 valence electrons. The van der Waals surface area contributed by atoms with E-state index in [0.29, 0.717) is 0 Å². The fraction of sp³-hybridized carbons (Fsp3) is 0.265. The van der Waals surface area contributed by atoms with Crippen molar-refractivity contribution >= 4 is 40.5 Å². The van der Waals surface area contributed by atoms with Crippen LogP contribution in [0.25, 0.3) is 33.4 Å². The van der Waals surface area contributed by atoms with Gasteiger partial charge in [-0.1, -0.05) is 144 Å². The molecule has 6 aromatic carbocycles. The fourth-order valence-corrected chi connectivity index (χ4v) is 10.4.